The SMILES string of the molecule is CCCn1cc(OCc2cc(C(=O)NN)no2)cn1. The number of aromatic nitrogens is 3. The number of hydrogen-bond donors (Lipinski definition) is 2. The van der Waals surface area contributed by atoms with Gasteiger partial charge in [-0.3, -0.25) is 14.9 Å². The summed E-state index contributed by atoms with van der Waals surface area (Å²) in [6.07, 6.45) is 4.42. The van der Waals surface area contributed by atoms with Gasteiger partial charge in [0, 0.05) is 12.6 Å². The Labute approximate surface area is 109 Å². The highest BCUT2D eigenvalue weighted by Crippen LogP contribution is 2.12. The Kier molecular flexibility index (Phi) is 4.14. The van der Waals surface area contributed by atoms with Crippen molar-refractivity contribution in [2.24, 2.45) is 5.84 Å². The summed E-state index contributed by atoms with van der Waals surface area (Å²) in [7, 11) is 0. The minimum absolute atomic E-state index is 0.114. The molecule has 0 unspecified atom stereocenters. The maximum atomic E-state index is 11.2. The first-order valence-corrected chi connectivity index (χ1v) is 5.84. The number of hydrogen-bond acceptors (Lipinski definition) is 6. The molecule has 0 aliphatic rings. The molecule has 0 aliphatic heterocycles. The normalized spacial score (nSPS) is 10.4. The zero-order valence-electron chi connectivity index (χ0n) is 10.5. The number of amides is 1. The molecule has 1 amide bonds. The van der Waals surface area contributed by atoms with E-state index in [2.05, 4.69) is 17.2 Å². The van der Waals surface area contributed by atoms with Crippen LogP contribution in [0.25, 0.3) is 0 Å². The molecular formula is C11H15N5O3. The Morgan fingerprint density at radius 3 is 3.21 bits per heavy atom. The van der Waals surface area contributed by atoms with Crippen molar-refractivity contribution >= 4 is 5.91 Å². The molecule has 0 aliphatic carbocycles. The van der Waals surface area contributed by atoms with Crippen molar-refractivity contribution < 1.29 is 14.1 Å². The van der Waals surface area contributed by atoms with Gasteiger partial charge in [-0.1, -0.05) is 12.1 Å². The zero-order valence-corrected chi connectivity index (χ0v) is 10.5. The van der Waals surface area contributed by atoms with Gasteiger partial charge in [-0.2, -0.15) is 5.10 Å². The number of nitrogens with two attached hydrogens (primary N) is 1. The van der Waals surface area contributed by atoms with Gasteiger partial charge in [0.1, 0.15) is 6.61 Å². The summed E-state index contributed by atoms with van der Waals surface area (Å²) >= 11 is 0. The first kappa shape index (κ1) is 13.1. The first-order valence-electron chi connectivity index (χ1n) is 5.84. The van der Waals surface area contributed by atoms with Crippen molar-refractivity contribution in [3.05, 3.63) is 29.9 Å². The van der Waals surface area contributed by atoms with Gasteiger partial charge in [-0.05, 0) is 6.42 Å². The fourth-order valence-electron chi connectivity index (χ4n) is 1.49. The molecule has 0 aromatic carbocycles. The largest absolute Gasteiger partial charge is 0.482 e. The molecule has 2 aromatic heterocycles. The average molecular weight is 265 g/mol. The number of aryl methyl sites for hydroxylation is 1. The van der Waals surface area contributed by atoms with Crippen molar-refractivity contribution in [2.45, 2.75) is 26.5 Å². The van der Waals surface area contributed by atoms with Gasteiger partial charge in [-0.25, -0.2) is 5.84 Å². The molecule has 0 saturated carbocycles. The second kappa shape index (κ2) is 6.01. The Morgan fingerprint density at radius 2 is 2.47 bits per heavy atom. The summed E-state index contributed by atoms with van der Waals surface area (Å²) in [5, 5.41) is 7.70. The lowest BCUT2D eigenvalue weighted by Crippen LogP contribution is -2.30. The standard InChI is InChI=1S/C11H15N5O3/c1-2-3-16-6-9(5-13-16)18-7-8-4-10(15-19-8)11(17)14-12/h4-6H,2-3,7,12H2,1H3,(H,14,17). The lowest BCUT2D eigenvalue weighted by molar-refractivity contribution is 0.0944. The summed E-state index contributed by atoms with van der Waals surface area (Å²) in [5.74, 6) is 5.54. The van der Waals surface area contributed by atoms with Crippen LogP contribution in [0.2, 0.25) is 0 Å². The van der Waals surface area contributed by atoms with Crippen LogP contribution in [-0.2, 0) is 13.2 Å². The average Bonchev–Trinajstić information content (AvgIpc) is 3.05. The number of nitrogen functional groups attached to an aromatic ring is 1. The number of hydrazine groups is 1. The van der Waals surface area contributed by atoms with E-state index < -0.39 is 5.91 Å². The van der Waals surface area contributed by atoms with Crippen LogP contribution in [-0.4, -0.2) is 20.8 Å². The predicted octanol–water partition coefficient (Wildman–Crippen LogP) is 0.464. The Balaban J connectivity index is 1.90. The first-order chi connectivity index (χ1) is 9.22. The van der Waals surface area contributed by atoms with E-state index in [0.29, 0.717) is 11.5 Å². The summed E-state index contributed by atoms with van der Waals surface area (Å²) < 4.78 is 12.2. The fraction of sp³-hybridized carbons (Fsp3) is 0.364. The van der Waals surface area contributed by atoms with Crippen molar-refractivity contribution in [3.8, 4) is 5.75 Å². The highest BCUT2D eigenvalue weighted by atomic mass is 16.5. The molecule has 2 heterocycles. The molecule has 8 heteroatoms. The van der Waals surface area contributed by atoms with Crippen LogP contribution in [0.15, 0.2) is 23.0 Å². The maximum absolute atomic E-state index is 11.2. The Morgan fingerprint density at radius 1 is 1.63 bits per heavy atom. The molecule has 0 atom stereocenters. The topological polar surface area (TPSA) is 108 Å². The van der Waals surface area contributed by atoms with Crippen LogP contribution in [0.1, 0.15) is 29.6 Å². The van der Waals surface area contributed by atoms with Crippen LogP contribution >= 0.6 is 0 Å². The number of carbonyl (C=O) groups excluding carboxylic acids is 1. The minimum atomic E-state index is -0.509. The number of nitrogens with one attached hydrogen (secondary N) is 1. The number of ether oxygens (including phenoxy) is 1. The number of nitrogens with zero attached hydrogens (tertiary/aromatic N) is 3. The van der Waals surface area contributed by atoms with Crippen molar-refractivity contribution in [2.75, 3.05) is 0 Å². The van der Waals surface area contributed by atoms with Gasteiger partial charge in [0.2, 0.25) is 0 Å². The van der Waals surface area contributed by atoms with E-state index in [9.17, 15) is 4.79 Å². The molecule has 0 fully saturated rings. The highest BCUT2D eigenvalue weighted by molar-refractivity contribution is 5.91. The van der Waals surface area contributed by atoms with Crippen LogP contribution in [0.5, 0.6) is 5.75 Å². The third-order valence-electron chi connectivity index (χ3n) is 2.37. The summed E-state index contributed by atoms with van der Waals surface area (Å²) in [6.45, 7) is 3.08. The van der Waals surface area contributed by atoms with Gasteiger partial charge < -0.3 is 9.26 Å². The van der Waals surface area contributed by atoms with E-state index in [1.807, 2.05) is 5.43 Å². The highest BCUT2D eigenvalue weighted by Gasteiger charge is 2.11. The van der Waals surface area contributed by atoms with Gasteiger partial charge in [0.25, 0.3) is 5.91 Å². The third-order valence-corrected chi connectivity index (χ3v) is 2.37. The van der Waals surface area contributed by atoms with Gasteiger partial charge in [-0.15, -0.1) is 0 Å². The smallest absolute Gasteiger partial charge is 0.287 e. The van der Waals surface area contributed by atoms with E-state index in [0.717, 1.165) is 13.0 Å². The molecule has 102 valence electrons. The summed E-state index contributed by atoms with van der Waals surface area (Å²) in [6, 6.07) is 1.47. The molecule has 0 saturated heterocycles. The van der Waals surface area contributed by atoms with Crippen molar-refractivity contribution in [3.63, 3.8) is 0 Å². The van der Waals surface area contributed by atoms with E-state index in [4.69, 9.17) is 15.1 Å². The minimum Gasteiger partial charge on any atom is -0.482 e. The van der Waals surface area contributed by atoms with Crippen LogP contribution < -0.4 is 16.0 Å². The molecule has 19 heavy (non-hydrogen) atoms. The molecule has 2 rings (SSSR count). The number of rotatable bonds is 6. The van der Waals surface area contributed by atoms with Crippen LogP contribution in [0.3, 0.4) is 0 Å². The molecule has 8 nitrogen and oxygen atoms in total. The monoisotopic (exact) mass is 265 g/mol. The summed E-state index contributed by atoms with van der Waals surface area (Å²) in [4.78, 5) is 11.2. The lowest BCUT2D eigenvalue weighted by atomic mass is 10.3. The molecule has 0 radical (unpaired) electrons. The van der Waals surface area contributed by atoms with Gasteiger partial charge in [0.15, 0.2) is 17.2 Å². The van der Waals surface area contributed by atoms with Crippen molar-refractivity contribution in [1.29, 1.82) is 0 Å². The Hall–Kier alpha value is -2.35. The van der Waals surface area contributed by atoms with E-state index in [-0.39, 0.29) is 12.3 Å². The molecule has 3 N–H and O–H groups in total. The second-order valence-electron chi connectivity index (χ2n) is 3.88. The van der Waals surface area contributed by atoms with E-state index in [1.165, 1.54) is 6.07 Å². The molecule has 0 spiro atoms. The van der Waals surface area contributed by atoms with E-state index >= 15 is 0 Å². The third kappa shape index (κ3) is 3.32. The van der Waals surface area contributed by atoms with Crippen LogP contribution in [0.4, 0.5) is 0 Å². The molecular weight excluding hydrogens is 250 g/mol. The van der Waals surface area contributed by atoms with Crippen LogP contribution in [0, 0.1) is 0 Å². The maximum Gasteiger partial charge on any atom is 0.287 e. The van der Waals surface area contributed by atoms with Gasteiger partial charge >= 0.3 is 0 Å². The van der Waals surface area contributed by atoms with Gasteiger partial charge in [0.05, 0.1) is 12.4 Å². The summed E-state index contributed by atoms with van der Waals surface area (Å²) in [5.41, 5.74) is 2.08. The predicted molar refractivity (Wildman–Crippen MR) is 65.0 cm³/mol. The quantitative estimate of drug-likeness (QED) is 0.446. The lowest BCUT2D eigenvalue weighted by Gasteiger charge is -1.98. The van der Waals surface area contributed by atoms with Crippen molar-refractivity contribution in [1.82, 2.24) is 20.4 Å². The van der Waals surface area contributed by atoms with E-state index in [1.54, 1.807) is 17.1 Å². The Bertz CT molecular complexity index is 548. The zero-order chi connectivity index (χ0) is 13.7. The molecule has 0 bridgehead atoms. The molecule has 2 aromatic rings. The number of carbonyl (C=O) groups is 1. The second-order valence-corrected chi connectivity index (χ2v) is 3.88. The fourth-order valence-corrected chi connectivity index (χ4v) is 1.49.